The SMILES string of the molecule is CCCCCCCCC/C=C/CCCCCCCC1=NCCN1C(C)N. The molecule has 1 aliphatic rings. The van der Waals surface area contributed by atoms with E-state index in [2.05, 4.69) is 35.9 Å². The Hall–Kier alpha value is -0.830. The van der Waals surface area contributed by atoms with Crippen LogP contribution in [0.15, 0.2) is 17.1 Å². The largest absolute Gasteiger partial charge is 0.343 e. The molecule has 0 fully saturated rings. The Kier molecular flexibility index (Phi) is 14.6. The average Bonchev–Trinajstić information content (AvgIpc) is 3.10. The maximum absolute atomic E-state index is 5.99. The van der Waals surface area contributed by atoms with Crippen molar-refractivity contribution in [3.05, 3.63) is 12.2 Å². The molecule has 1 rings (SSSR count). The van der Waals surface area contributed by atoms with Crippen molar-refractivity contribution in [3.8, 4) is 0 Å². The summed E-state index contributed by atoms with van der Waals surface area (Å²) in [5, 5.41) is 0. The maximum atomic E-state index is 5.99. The summed E-state index contributed by atoms with van der Waals surface area (Å²) < 4.78 is 0. The monoisotopic (exact) mass is 363 g/mol. The summed E-state index contributed by atoms with van der Waals surface area (Å²) in [6, 6.07) is 0. The van der Waals surface area contributed by atoms with E-state index in [1.165, 1.54) is 95.7 Å². The quantitative estimate of drug-likeness (QED) is 0.239. The third-order valence-corrected chi connectivity index (χ3v) is 5.37. The Bertz CT molecular complexity index is 374. The van der Waals surface area contributed by atoms with E-state index in [0.717, 1.165) is 19.5 Å². The number of unbranched alkanes of at least 4 members (excludes halogenated alkanes) is 12. The minimum absolute atomic E-state index is 0.115. The van der Waals surface area contributed by atoms with Gasteiger partial charge in [-0.15, -0.1) is 0 Å². The molecule has 0 aromatic heterocycles. The normalized spacial score (nSPS) is 15.8. The fraction of sp³-hybridized carbons (Fsp3) is 0.870. The Labute approximate surface area is 163 Å². The minimum Gasteiger partial charge on any atom is -0.343 e. The molecule has 26 heavy (non-hydrogen) atoms. The second kappa shape index (κ2) is 16.4. The molecule has 1 aliphatic heterocycles. The van der Waals surface area contributed by atoms with E-state index in [1.807, 2.05) is 0 Å². The van der Waals surface area contributed by atoms with Crippen LogP contribution in [0.2, 0.25) is 0 Å². The first kappa shape index (κ1) is 23.2. The first-order chi connectivity index (χ1) is 12.8. The Morgan fingerprint density at radius 2 is 1.42 bits per heavy atom. The second-order valence-electron chi connectivity index (χ2n) is 7.92. The molecule has 3 heteroatoms. The van der Waals surface area contributed by atoms with Crippen molar-refractivity contribution in [1.29, 1.82) is 0 Å². The zero-order valence-electron chi connectivity index (χ0n) is 17.7. The maximum Gasteiger partial charge on any atom is 0.100 e. The van der Waals surface area contributed by atoms with Crippen molar-refractivity contribution in [3.63, 3.8) is 0 Å². The van der Waals surface area contributed by atoms with Crippen LogP contribution in [0.4, 0.5) is 0 Å². The van der Waals surface area contributed by atoms with Crippen molar-refractivity contribution >= 4 is 5.84 Å². The summed E-state index contributed by atoms with van der Waals surface area (Å²) in [7, 11) is 0. The third-order valence-electron chi connectivity index (χ3n) is 5.37. The molecule has 0 amide bonds. The average molecular weight is 364 g/mol. The van der Waals surface area contributed by atoms with Gasteiger partial charge >= 0.3 is 0 Å². The van der Waals surface area contributed by atoms with Gasteiger partial charge in [0.15, 0.2) is 0 Å². The Balaban J connectivity index is 1.82. The highest BCUT2D eigenvalue weighted by atomic mass is 15.3. The van der Waals surface area contributed by atoms with Crippen LogP contribution in [-0.2, 0) is 0 Å². The molecule has 0 saturated carbocycles. The van der Waals surface area contributed by atoms with Crippen LogP contribution in [0.5, 0.6) is 0 Å². The summed E-state index contributed by atoms with van der Waals surface area (Å²) in [6.45, 7) is 6.29. The third kappa shape index (κ3) is 11.7. The fourth-order valence-electron chi connectivity index (χ4n) is 3.70. The number of amidine groups is 1. The molecule has 0 spiro atoms. The summed E-state index contributed by atoms with van der Waals surface area (Å²) in [5.41, 5.74) is 5.99. The minimum atomic E-state index is 0.115. The summed E-state index contributed by atoms with van der Waals surface area (Å²) in [5.74, 6) is 1.24. The van der Waals surface area contributed by atoms with Crippen LogP contribution < -0.4 is 5.73 Å². The van der Waals surface area contributed by atoms with Crippen molar-refractivity contribution in [1.82, 2.24) is 4.90 Å². The van der Waals surface area contributed by atoms with E-state index >= 15 is 0 Å². The van der Waals surface area contributed by atoms with Gasteiger partial charge in [-0.25, -0.2) is 0 Å². The first-order valence-electron chi connectivity index (χ1n) is 11.5. The van der Waals surface area contributed by atoms with Crippen molar-refractivity contribution in [2.24, 2.45) is 10.7 Å². The lowest BCUT2D eigenvalue weighted by atomic mass is 10.1. The van der Waals surface area contributed by atoms with Gasteiger partial charge in [-0.05, 0) is 39.0 Å². The van der Waals surface area contributed by atoms with Gasteiger partial charge in [-0.2, -0.15) is 0 Å². The molecule has 0 aliphatic carbocycles. The molecular weight excluding hydrogens is 318 g/mol. The van der Waals surface area contributed by atoms with Gasteiger partial charge in [-0.3, -0.25) is 4.99 Å². The second-order valence-corrected chi connectivity index (χ2v) is 7.92. The van der Waals surface area contributed by atoms with E-state index in [-0.39, 0.29) is 6.17 Å². The summed E-state index contributed by atoms with van der Waals surface area (Å²) in [4.78, 5) is 6.86. The molecule has 1 atom stereocenters. The highest BCUT2D eigenvalue weighted by Crippen LogP contribution is 2.13. The highest BCUT2D eigenvalue weighted by Gasteiger charge is 2.18. The molecule has 152 valence electrons. The van der Waals surface area contributed by atoms with Gasteiger partial charge in [0.25, 0.3) is 0 Å². The van der Waals surface area contributed by atoms with Gasteiger partial charge in [0, 0.05) is 13.0 Å². The zero-order chi connectivity index (χ0) is 18.9. The molecule has 0 aromatic rings. The number of hydrogen-bond donors (Lipinski definition) is 1. The molecule has 0 saturated heterocycles. The fourth-order valence-corrected chi connectivity index (χ4v) is 3.70. The van der Waals surface area contributed by atoms with E-state index < -0.39 is 0 Å². The molecule has 0 aromatic carbocycles. The Morgan fingerprint density at radius 3 is 2.00 bits per heavy atom. The molecule has 2 N–H and O–H groups in total. The highest BCUT2D eigenvalue weighted by molar-refractivity contribution is 5.83. The van der Waals surface area contributed by atoms with Gasteiger partial charge < -0.3 is 10.6 Å². The molecule has 0 bridgehead atoms. The molecule has 3 nitrogen and oxygen atoms in total. The predicted molar refractivity (Wildman–Crippen MR) is 117 cm³/mol. The predicted octanol–water partition coefficient (Wildman–Crippen LogP) is 6.43. The van der Waals surface area contributed by atoms with Crippen LogP contribution in [0.1, 0.15) is 110 Å². The number of allylic oxidation sites excluding steroid dienone is 2. The smallest absolute Gasteiger partial charge is 0.100 e. The van der Waals surface area contributed by atoms with Gasteiger partial charge in [0.05, 0.1) is 12.7 Å². The van der Waals surface area contributed by atoms with Gasteiger partial charge in [-0.1, -0.05) is 76.9 Å². The van der Waals surface area contributed by atoms with Crippen LogP contribution in [0, 0.1) is 0 Å². The molecule has 1 unspecified atom stereocenters. The molecule has 1 heterocycles. The molecular formula is C23H45N3. The Morgan fingerprint density at radius 1 is 0.885 bits per heavy atom. The lowest BCUT2D eigenvalue weighted by molar-refractivity contribution is 0.358. The van der Waals surface area contributed by atoms with Crippen LogP contribution in [0.3, 0.4) is 0 Å². The summed E-state index contributed by atoms with van der Waals surface area (Å²) >= 11 is 0. The zero-order valence-corrected chi connectivity index (χ0v) is 17.7. The van der Waals surface area contributed by atoms with Gasteiger partial charge in [0.2, 0.25) is 0 Å². The van der Waals surface area contributed by atoms with Crippen molar-refractivity contribution in [2.75, 3.05) is 13.1 Å². The number of aliphatic imine (C=N–C) groups is 1. The number of hydrogen-bond acceptors (Lipinski definition) is 3. The number of rotatable bonds is 17. The lowest BCUT2D eigenvalue weighted by Gasteiger charge is -2.24. The van der Waals surface area contributed by atoms with E-state index in [4.69, 9.17) is 5.73 Å². The first-order valence-corrected chi connectivity index (χ1v) is 11.5. The lowest BCUT2D eigenvalue weighted by Crippen LogP contribution is -2.41. The van der Waals surface area contributed by atoms with E-state index in [0.29, 0.717) is 0 Å². The topological polar surface area (TPSA) is 41.6 Å². The molecule has 0 radical (unpaired) electrons. The van der Waals surface area contributed by atoms with E-state index in [1.54, 1.807) is 0 Å². The van der Waals surface area contributed by atoms with Crippen molar-refractivity contribution in [2.45, 2.75) is 116 Å². The summed E-state index contributed by atoms with van der Waals surface area (Å²) in [6.07, 6.45) is 25.1. The van der Waals surface area contributed by atoms with Gasteiger partial charge in [0.1, 0.15) is 5.84 Å². The van der Waals surface area contributed by atoms with Crippen LogP contribution >= 0.6 is 0 Å². The number of nitrogens with two attached hydrogens (primary N) is 1. The number of nitrogens with zero attached hydrogens (tertiary/aromatic N) is 2. The standard InChI is InChI=1S/C23H45N3/c1-3-4-5-6-7-8-9-10-11-12-13-14-15-16-17-18-19-23-25-20-21-26(23)22(2)24/h11-12,22H,3-10,13-21,24H2,1-2H3/b12-11+. The van der Waals surface area contributed by atoms with Crippen LogP contribution in [0.25, 0.3) is 0 Å². The van der Waals surface area contributed by atoms with Crippen molar-refractivity contribution < 1.29 is 0 Å². The van der Waals surface area contributed by atoms with E-state index in [9.17, 15) is 0 Å². The van der Waals surface area contributed by atoms with Crippen LogP contribution in [-0.4, -0.2) is 30.0 Å².